The molecule has 0 bridgehead atoms. The molecule has 2 saturated heterocycles. The number of benzene rings is 1. The third-order valence-electron chi connectivity index (χ3n) is 5.80. The zero-order valence-corrected chi connectivity index (χ0v) is 16.8. The third-order valence-corrected chi connectivity index (χ3v) is 6.07. The number of amides is 3. The van der Waals surface area contributed by atoms with Gasteiger partial charge in [0.15, 0.2) is 11.6 Å². The molecule has 1 atom stereocenters. The first-order valence-corrected chi connectivity index (χ1v) is 9.76. The van der Waals surface area contributed by atoms with Gasteiger partial charge < -0.3 is 9.64 Å². The Bertz CT molecular complexity index is 808. The molecule has 0 saturated carbocycles. The van der Waals surface area contributed by atoms with Gasteiger partial charge in [-0.15, -0.1) is 0 Å². The Morgan fingerprint density at radius 3 is 2.61 bits per heavy atom. The largest absolute Gasteiger partial charge is 0.494 e. The molecule has 0 radical (unpaired) electrons. The van der Waals surface area contributed by atoms with E-state index in [4.69, 9.17) is 16.3 Å². The number of imide groups is 1. The number of methoxy groups -OCH3 is 1. The number of carbonyl (C=O) groups excluding carboxylic acids is 3. The maximum Gasteiger partial charge on any atom is 0.233 e. The minimum atomic E-state index is -0.799. The van der Waals surface area contributed by atoms with E-state index >= 15 is 0 Å². The Morgan fingerprint density at radius 2 is 2.04 bits per heavy atom. The zero-order chi connectivity index (χ0) is 20.5. The minimum Gasteiger partial charge on any atom is -0.494 e. The van der Waals surface area contributed by atoms with Gasteiger partial charge in [0.1, 0.15) is 0 Å². The van der Waals surface area contributed by atoms with Gasteiger partial charge in [-0.05, 0) is 42.9 Å². The maximum atomic E-state index is 13.9. The molecule has 1 N–H and O–H groups in total. The van der Waals surface area contributed by atoms with Crippen molar-refractivity contribution in [1.29, 1.82) is 0 Å². The van der Waals surface area contributed by atoms with E-state index in [-0.39, 0.29) is 47.3 Å². The summed E-state index contributed by atoms with van der Waals surface area (Å²) in [5, 5.41) is 2.33. The maximum absolute atomic E-state index is 13.9. The van der Waals surface area contributed by atoms with Gasteiger partial charge in [-0.3, -0.25) is 19.7 Å². The van der Waals surface area contributed by atoms with Crippen LogP contribution in [0.5, 0.6) is 5.75 Å². The summed E-state index contributed by atoms with van der Waals surface area (Å²) in [5.74, 6) is -0.865. The molecule has 1 unspecified atom stereocenters. The van der Waals surface area contributed by atoms with Crippen molar-refractivity contribution in [2.75, 3.05) is 20.2 Å². The van der Waals surface area contributed by atoms with Gasteiger partial charge in [-0.25, -0.2) is 4.39 Å². The molecule has 2 aliphatic rings. The molecule has 152 valence electrons. The van der Waals surface area contributed by atoms with Crippen LogP contribution in [-0.4, -0.2) is 42.8 Å². The molecule has 0 spiro atoms. The van der Waals surface area contributed by atoms with Crippen molar-refractivity contribution < 1.29 is 23.5 Å². The zero-order valence-electron chi connectivity index (χ0n) is 16.0. The van der Waals surface area contributed by atoms with Crippen molar-refractivity contribution in [3.05, 3.63) is 28.5 Å². The summed E-state index contributed by atoms with van der Waals surface area (Å²) in [6.45, 7) is 2.89. The van der Waals surface area contributed by atoms with Crippen LogP contribution in [0.4, 0.5) is 4.39 Å². The average molecular weight is 411 g/mol. The second-order valence-corrected chi connectivity index (χ2v) is 8.20. The van der Waals surface area contributed by atoms with Gasteiger partial charge >= 0.3 is 0 Å². The minimum absolute atomic E-state index is 0.0125. The molecular formula is C20H24ClFN2O4. The van der Waals surface area contributed by atoms with Crippen LogP contribution < -0.4 is 10.1 Å². The van der Waals surface area contributed by atoms with Crippen LogP contribution in [0.2, 0.25) is 5.02 Å². The van der Waals surface area contributed by atoms with Crippen molar-refractivity contribution >= 4 is 29.3 Å². The predicted octanol–water partition coefficient (Wildman–Crippen LogP) is 3.03. The summed E-state index contributed by atoms with van der Waals surface area (Å²) in [6, 6.07) is 3.29. The number of nitrogens with one attached hydrogen (secondary N) is 1. The number of carbonyl (C=O) groups is 3. The standard InChI is InChI=1S/C20H24ClFN2O4/c1-20(11-16(25)23-19(20)27)6-3-17(26)24-7-4-12(5-8-24)13-9-14(21)18(22)15(10-13)28-2/h9-10,12H,3-8,11H2,1-2H3,(H,23,25,27). The Morgan fingerprint density at radius 1 is 1.36 bits per heavy atom. The van der Waals surface area contributed by atoms with Crippen LogP contribution in [0, 0.1) is 11.2 Å². The molecule has 2 aliphatic heterocycles. The highest BCUT2D eigenvalue weighted by atomic mass is 35.5. The van der Waals surface area contributed by atoms with Crippen molar-refractivity contribution in [3.8, 4) is 5.75 Å². The van der Waals surface area contributed by atoms with Gasteiger partial charge in [0, 0.05) is 25.9 Å². The Balaban J connectivity index is 1.55. The lowest BCUT2D eigenvalue weighted by Gasteiger charge is -2.33. The fraction of sp³-hybridized carbons (Fsp3) is 0.550. The van der Waals surface area contributed by atoms with E-state index in [1.165, 1.54) is 7.11 Å². The molecule has 2 heterocycles. The summed E-state index contributed by atoms with van der Waals surface area (Å²) in [7, 11) is 1.40. The van der Waals surface area contributed by atoms with Crippen LogP contribution in [0.3, 0.4) is 0 Å². The molecule has 28 heavy (non-hydrogen) atoms. The van der Waals surface area contributed by atoms with Gasteiger partial charge in [-0.2, -0.15) is 0 Å². The van der Waals surface area contributed by atoms with Crippen molar-refractivity contribution in [2.24, 2.45) is 5.41 Å². The molecule has 6 nitrogen and oxygen atoms in total. The molecule has 1 aromatic rings. The fourth-order valence-corrected chi connectivity index (χ4v) is 4.15. The molecule has 3 rings (SSSR count). The second kappa shape index (κ2) is 8.07. The highest BCUT2D eigenvalue weighted by Gasteiger charge is 2.42. The lowest BCUT2D eigenvalue weighted by atomic mass is 9.83. The number of hydrogen-bond donors (Lipinski definition) is 1. The highest BCUT2D eigenvalue weighted by Crippen LogP contribution is 2.36. The number of piperidine rings is 1. The topological polar surface area (TPSA) is 75.7 Å². The quantitative estimate of drug-likeness (QED) is 0.757. The van der Waals surface area contributed by atoms with Crippen LogP contribution in [0.25, 0.3) is 0 Å². The molecule has 8 heteroatoms. The number of ether oxygens (including phenoxy) is 1. The first kappa shape index (κ1) is 20.6. The van der Waals surface area contributed by atoms with E-state index in [1.54, 1.807) is 24.0 Å². The number of halogens is 2. The molecule has 1 aromatic carbocycles. The number of likely N-dealkylation sites (tertiary alicyclic amines) is 1. The number of rotatable bonds is 5. The molecule has 0 aromatic heterocycles. The summed E-state index contributed by atoms with van der Waals surface area (Å²) in [4.78, 5) is 37.6. The van der Waals surface area contributed by atoms with E-state index in [0.29, 0.717) is 19.5 Å². The second-order valence-electron chi connectivity index (χ2n) is 7.79. The fourth-order valence-electron chi connectivity index (χ4n) is 3.93. The summed E-state index contributed by atoms with van der Waals surface area (Å²) in [6.07, 6.45) is 2.21. The monoisotopic (exact) mass is 410 g/mol. The molecule has 2 fully saturated rings. The Hall–Kier alpha value is -2.15. The lowest BCUT2D eigenvalue weighted by molar-refractivity contribution is -0.133. The van der Waals surface area contributed by atoms with Crippen molar-refractivity contribution in [3.63, 3.8) is 0 Å². The SMILES string of the molecule is COc1cc(C2CCN(C(=O)CCC3(C)CC(=O)NC3=O)CC2)cc(Cl)c1F. The highest BCUT2D eigenvalue weighted by molar-refractivity contribution is 6.31. The van der Waals surface area contributed by atoms with Crippen LogP contribution in [-0.2, 0) is 14.4 Å². The number of nitrogens with zero attached hydrogens (tertiary/aromatic N) is 1. The molecule has 0 aliphatic carbocycles. The van der Waals surface area contributed by atoms with Gasteiger partial charge in [0.25, 0.3) is 0 Å². The van der Waals surface area contributed by atoms with E-state index in [9.17, 15) is 18.8 Å². The van der Waals surface area contributed by atoms with Gasteiger partial charge in [-0.1, -0.05) is 18.5 Å². The Kier molecular flexibility index (Phi) is 5.93. The average Bonchev–Trinajstić information content (AvgIpc) is 2.94. The van der Waals surface area contributed by atoms with Crippen molar-refractivity contribution in [1.82, 2.24) is 10.2 Å². The lowest BCUT2D eigenvalue weighted by Crippen LogP contribution is -2.39. The van der Waals surface area contributed by atoms with E-state index in [0.717, 1.165) is 18.4 Å². The summed E-state index contributed by atoms with van der Waals surface area (Å²) >= 11 is 5.96. The van der Waals surface area contributed by atoms with E-state index < -0.39 is 11.2 Å². The van der Waals surface area contributed by atoms with Gasteiger partial charge in [0.2, 0.25) is 17.7 Å². The summed E-state index contributed by atoms with van der Waals surface area (Å²) in [5.41, 5.74) is 0.107. The predicted molar refractivity (Wildman–Crippen MR) is 102 cm³/mol. The van der Waals surface area contributed by atoms with E-state index in [1.807, 2.05) is 0 Å². The summed E-state index contributed by atoms with van der Waals surface area (Å²) < 4.78 is 18.9. The number of hydrogen-bond acceptors (Lipinski definition) is 4. The normalized spacial score (nSPS) is 23.1. The molecular weight excluding hydrogens is 387 g/mol. The first-order chi connectivity index (χ1) is 13.2. The van der Waals surface area contributed by atoms with Crippen molar-refractivity contribution in [2.45, 2.75) is 44.9 Å². The third kappa shape index (κ3) is 4.14. The van der Waals surface area contributed by atoms with Crippen LogP contribution >= 0.6 is 11.6 Å². The Labute approximate surface area is 168 Å². The molecule has 3 amide bonds. The van der Waals surface area contributed by atoms with Gasteiger partial charge in [0.05, 0.1) is 17.5 Å². The van der Waals surface area contributed by atoms with E-state index in [2.05, 4.69) is 5.32 Å². The smallest absolute Gasteiger partial charge is 0.233 e. The first-order valence-electron chi connectivity index (χ1n) is 9.38. The van der Waals surface area contributed by atoms with Crippen LogP contribution in [0.15, 0.2) is 12.1 Å². The van der Waals surface area contributed by atoms with Crippen LogP contribution in [0.1, 0.15) is 50.5 Å².